The van der Waals surface area contributed by atoms with Crippen molar-refractivity contribution in [3.05, 3.63) is 77.4 Å². The van der Waals surface area contributed by atoms with Crippen molar-refractivity contribution in [1.29, 1.82) is 5.26 Å². The van der Waals surface area contributed by atoms with Crippen molar-refractivity contribution in [2.75, 3.05) is 36.0 Å². The number of carboxylic acid groups (broad SMARTS) is 1. The zero-order valence-corrected chi connectivity index (χ0v) is 21.2. The summed E-state index contributed by atoms with van der Waals surface area (Å²) in [5.74, 6) is -2.99. The largest absolute Gasteiger partial charge is 0.477 e. The minimum absolute atomic E-state index is 0.0305. The molecule has 2 aliphatic rings. The number of carbonyl (C=O) groups is 2. The van der Waals surface area contributed by atoms with Crippen LogP contribution in [0.5, 0.6) is 0 Å². The van der Waals surface area contributed by atoms with Gasteiger partial charge in [-0.05, 0) is 36.4 Å². The van der Waals surface area contributed by atoms with Gasteiger partial charge in [0.25, 0.3) is 5.91 Å². The summed E-state index contributed by atoms with van der Waals surface area (Å²) in [6.07, 6.45) is 0.686. The molecule has 3 aromatic rings. The first-order valence-corrected chi connectivity index (χ1v) is 12.5. The summed E-state index contributed by atoms with van der Waals surface area (Å²) in [7, 11) is 0. The van der Waals surface area contributed by atoms with Crippen LogP contribution < -0.4 is 9.80 Å². The van der Waals surface area contributed by atoms with Gasteiger partial charge in [0.1, 0.15) is 0 Å². The molecular weight excluding hydrogens is 485 g/mol. The van der Waals surface area contributed by atoms with E-state index in [4.69, 9.17) is 0 Å². The number of aryl methyl sites for hydroxylation is 1. The van der Waals surface area contributed by atoms with Crippen LogP contribution in [0.15, 0.2) is 54.9 Å². The number of pyridine rings is 1. The molecule has 0 aliphatic carbocycles. The highest BCUT2D eigenvalue weighted by Gasteiger charge is 2.34. The molecule has 9 heteroatoms. The van der Waals surface area contributed by atoms with Gasteiger partial charge in [0.2, 0.25) is 0 Å². The fourth-order valence-corrected chi connectivity index (χ4v) is 5.66. The van der Waals surface area contributed by atoms with Gasteiger partial charge in [0, 0.05) is 48.5 Å². The summed E-state index contributed by atoms with van der Waals surface area (Å²) >= 11 is 0. The molecule has 1 saturated heterocycles. The van der Waals surface area contributed by atoms with Gasteiger partial charge in [-0.3, -0.25) is 4.79 Å². The fraction of sp³-hybridized carbons (Fsp3) is 0.310. The summed E-state index contributed by atoms with van der Waals surface area (Å²) in [5, 5.41) is 21.5. The highest BCUT2D eigenvalue weighted by Crippen LogP contribution is 2.36. The Hall–Kier alpha value is -4.45. The SMILES string of the molecule is C=C(F)C(=O)N1CCN(c2cc(C(=O)O)nc3c2CCN(c2cccc4cccc(C)c24)C3)C[C@@H]1CC#N. The third kappa shape index (κ3) is 4.54. The van der Waals surface area contributed by atoms with Gasteiger partial charge in [0.05, 0.1) is 30.8 Å². The number of aromatic carboxylic acids is 1. The van der Waals surface area contributed by atoms with E-state index in [-0.39, 0.29) is 25.2 Å². The molecule has 1 N–H and O–H groups in total. The number of amides is 1. The van der Waals surface area contributed by atoms with Crippen LogP contribution >= 0.6 is 0 Å². The Morgan fingerprint density at radius 1 is 1.16 bits per heavy atom. The van der Waals surface area contributed by atoms with Gasteiger partial charge < -0.3 is 19.8 Å². The molecule has 1 aromatic heterocycles. The van der Waals surface area contributed by atoms with E-state index in [2.05, 4.69) is 53.7 Å². The molecule has 194 valence electrons. The molecule has 3 heterocycles. The second-order valence-electron chi connectivity index (χ2n) is 9.74. The standard InChI is InChI=1S/C29H28FN5O3/c1-18-5-3-6-20-7-4-8-25(27(18)20)33-12-10-22-24(17-33)32-23(29(37)38)15-26(22)34-13-14-35(28(36)19(2)30)21(16-34)9-11-31/h3-8,15,21H,2,9-10,12-14,16-17H2,1H3,(H,37,38)/t21-/m0/s1. The van der Waals surface area contributed by atoms with Gasteiger partial charge in [-0.1, -0.05) is 36.9 Å². The molecule has 1 fully saturated rings. The van der Waals surface area contributed by atoms with Crippen LogP contribution in [-0.4, -0.2) is 59.1 Å². The Kier molecular flexibility index (Phi) is 6.72. The number of carbonyl (C=O) groups excluding carboxylic acids is 1. The monoisotopic (exact) mass is 513 g/mol. The number of carboxylic acids is 1. The van der Waals surface area contributed by atoms with Gasteiger partial charge >= 0.3 is 5.97 Å². The van der Waals surface area contributed by atoms with Crippen molar-refractivity contribution in [2.24, 2.45) is 0 Å². The van der Waals surface area contributed by atoms with Crippen LogP contribution in [0.1, 0.15) is 33.7 Å². The maximum absolute atomic E-state index is 13.6. The normalized spacial score (nSPS) is 17.2. The van der Waals surface area contributed by atoms with E-state index >= 15 is 0 Å². The zero-order chi connectivity index (χ0) is 27.0. The van der Waals surface area contributed by atoms with E-state index in [0.717, 1.165) is 28.9 Å². The minimum Gasteiger partial charge on any atom is -0.477 e. The molecule has 2 aromatic carbocycles. The lowest BCUT2D eigenvalue weighted by atomic mass is 9.97. The first kappa shape index (κ1) is 25.2. The summed E-state index contributed by atoms with van der Waals surface area (Å²) in [5.41, 5.74) is 4.61. The van der Waals surface area contributed by atoms with Gasteiger partial charge in [-0.15, -0.1) is 0 Å². The number of benzene rings is 2. The molecule has 5 rings (SSSR count). The average molecular weight is 514 g/mol. The van der Waals surface area contributed by atoms with Gasteiger partial charge in [-0.25, -0.2) is 14.2 Å². The number of nitriles is 1. The lowest BCUT2D eigenvalue weighted by Gasteiger charge is -2.43. The highest BCUT2D eigenvalue weighted by molar-refractivity contribution is 5.97. The van der Waals surface area contributed by atoms with E-state index in [1.807, 2.05) is 17.0 Å². The van der Waals surface area contributed by atoms with Crippen molar-refractivity contribution in [1.82, 2.24) is 9.88 Å². The molecule has 1 atom stereocenters. The molecule has 0 spiro atoms. The molecule has 0 saturated carbocycles. The number of anilines is 2. The highest BCUT2D eigenvalue weighted by atomic mass is 19.1. The van der Waals surface area contributed by atoms with Gasteiger partial charge in [0.15, 0.2) is 11.5 Å². The zero-order valence-electron chi connectivity index (χ0n) is 21.2. The van der Waals surface area contributed by atoms with Crippen LogP contribution in [-0.2, 0) is 17.8 Å². The Bertz CT molecular complexity index is 1490. The second-order valence-corrected chi connectivity index (χ2v) is 9.74. The maximum Gasteiger partial charge on any atom is 0.354 e. The van der Waals surface area contributed by atoms with Crippen molar-refractivity contribution >= 4 is 34.0 Å². The van der Waals surface area contributed by atoms with E-state index in [1.165, 1.54) is 15.8 Å². The Balaban J connectivity index is 1.51. The molecular formula is C29H28FN5O3. The van der Waals surface area contributed by atoms with Crippen LogP contribution in [0.25, 0.3) is 10.8 Å². The predicted molar refractivity (Wildman–Crippen MR) is 143 cm³/mol. The maximum atomic E-state index is 13.6. The molecule has 0 radical (unpaired) electrons. The number of hydrogen-bond donors (Lipinski definition) is 1. The third-order valence-corrected chi connectivity index (χ3v) is 7.45. The van der Waals surface area contributed by atoms with Crippen molar-refractivity contribution in [2.45, 2.75) is 32.4 Å². The quantitative estimate of drug-likeness (QED) is 0.510. The molecule has 1 amide bonds. The fourth-order valence-electron chi connectivity index (χ4n) is 5.66. The van der Waals surface area contributed by atoms with Crippen molar-refractivity contribution in [3.8, 4) is 6.07 Å². The van der Waals surface area contributed by atoms with Crippen LogP contribution in [0.2, 0.25) is 0 Å². The number of rotatable bonds is 5. The predicted octanol–water partition coefficient (Wildman–Crippen LogP) is 4.22. The van der Waals surface area contributed by atoms with Crippen LogP contribution in [0.3, 0.4) is 0 Å². The molecule has 38 heavy (non-hydrogen) atoms. The Morgan fingerprint density at radius 2 is 1.92 bits per heavy atom. The van der Waals surface area contributed by atoms with E-state index in [1.54, 1.807) is 6.07 Å². The first-order chi connectivity index (χ1) is 18.3. The number of halogens is 1. The molecule has 2 aliphatic heterocycles. The lowest BCUT2D eigenvalue weighted by molar-refractivity contribution is -0.131. The van der Waals surface area contributed by atoms with E-state index in [0.29, 0.717) is 25.2 Å². The second kappa shape index (κ2) is 10.1. The number of aromatic nitrogens is 1. The summed E-state index contributed by atoms with van der Waals surface area (Å²) in [6, 6.07) is 15.5. The summed E-state index contributed by atoms with van der Waals surface area (Å²) in [6.45, 7) is 7.25. The van der Waals surface area contributed by atoms with E-state index < -0.39 is 23.7 Å². The number of fused-ring (bicyclic) bond motifs is 2. The number of hydrogen-bond acceptors (Lipinski definition) is 6. The smallest absolute Gasteiger partial charge is 0.354 e. The molecule has 0 unspecified atom stereocenters. The van der Waals surface area contributed by atoms with Crippen LogP contribution in [0, 0.1) is 18.3 Å². The lowest BCUT2D eigenvalue weighted by Crippen LogP contribution is -2.55. The topological polar surface area (TPSA) is 101 Å². The van der Waals surface area contributed by atoms with Gasteiger partial charge in [-0.2, -0.15) is 5.26 Å². The average Bonchev–Trinajstić information content (AvgIpc) is 2.91. The van der Waals surface area contributed by atoms with Crippen molar-refractivity contribution < 1.29 is 19.1 Å². The number of piperazine rings is 1. The van der Waals surface area contributed by atoms with Crippen LogP contribution in [0.4, 0.5) is 15.8 Å². The Morgan fingerprint density at radius 3 is 2.63 bits per heavy atom. The third-order valence-electron chi connectivity index (χ3n) is 7.45. The molecule has 0 bridgehead atoms. The van der Waals surface area contributed by atoms with Crippen molar-refractivity contribution in [3.63, 3.8) is 0 Å². The summed E-state index contributed by atoms with van der Waals surface area (Å²) < 4.78 is 13.6. The molecule has 8 nitrogen and oxygen atoms in total. The first-order valence-electron chi connectivity index (χ1n) is 12.5. The minimum atomic E-state index is -1.12. The number of nitrogens with zero attached hydrogens (tertiary/aromatic N) is 5. The summed E-state index contributed by atoms with van der Waals surface area (Å²) in [4.78, 5) is 34.5. The Labute approximate surface area is 220 Å². The van der Waals surface area contributed by atoms with E-state index in [9.17, 15) is 24.3 Å².